The molecule has 0 fully saturated rings. The van der Waals surface area contributed by atoms with Crippen molar-refractivity contribution in [1.29, 1.82) is 0 Å². The molecule has 0 aromatic carbocycles. The standard InChI is InChI=1S/C7H7ClN2O/c1-6(10-5-11)3-4-7(8)9-2/h3-4H,2H2,1H3/b6-3+,7-4-. The maximum absolute atomic E-state index is 9.71. The van der Waals surface area contributed by atoms with Gasteiger partial charge in [-0.1, -0.05) is 11.6 Å². The lowest BCUT2D eigenvalue weighted by atomic mass is 10.4. The van der Waals surface area contributed by atoms with Gasteiger partial charge in [-0.15, -0.1) is 0 Å². The Hall–Kier alpha value is -1.18. The van der Waals surface area contributed by atoms with E-state index in [-0.39, 0.29) is 5.16 Å². The maximum atomic E-state index is 9.71. The Labute approximate surface area is 69.8 Å². The minimum Gasteiger partial charge on any atom is -0.252 e. The van der Waals surface area contributed by atoms with E-state index in [0.717, 1.165) is 0 Å². The molecular formula is C7H7ClN2O. The molecule has 58 valence electrons. The molecule has 11 heavy (non-hydrogen) atoms. The van der Waals surface area contributed by atoms with Crippen molar-refractivity contribution in [1.82, 2.24) is 0 Å². The van der Waals surface area contributed by atoms with E-state index >= 15 is 0 Å². The minimum absolute atomic E-state index is 0.255. The molecule has 0 aliphatic carbocycles. The molecule has 0 radical (unpaired) electrons. The Morgan fingerprint density at radius 3 is 2.73 bits per heavy atom. The summed E-state index contributed by atoms with van der Waals surface area (Å²) in [7, 11) is 0. The lowest BCUT2D eigenvalue weighted by Gasteiger charge is -1.83. The van der Waals surface area contributed by atoms with Crippen LogP contribution in [0.4, 0.5) is 0 Å². The molecular weight excluding hydrogens is 164 g/mol. The van der Waals surface area contributed by atoms with Crippen molar-refractivity contribution >= 4 is 24.4 Å². The Kier molecular flexibility index (Phi) is 4.99. The van der Waals surface area contributed by atoms with Crippen LogP contribution >= 0.6 is 11.6 Å². The van der Waals surface area contributed by atoms with E-state index in [9.17, 15) is 4.79 Å². The molecule has 0 aliphatic rings. The molecule has 0 saturated heterocycles. The number of halogens is 1. The fourth-order valence-electron chi connectivity index (χ4n) is 0.351. The summed E-state index contributed by atoms with van der Waals surface area (Å²) >= 11 is 5.46. The van der Waals surface area contributed by atoms with Crippen molar-refractivity contribution in [2.24, 2.45) is 9.98 Å². The molecule has 0 atom stereocenters. The second-order valence-corrected chi connectivity index (χ2v) is 2.05. The normalized spacial score (nSPS) is 12.2. The predicted molar refractivity (Wildman–Crippen MR) is 45.4 cm³/mol. The molecule has 3 nitrogen and oxygen atoms in total. The third kappa shape index (κ3) is 5.27. The number of rotatable bonds is 3. The van der Waals surface area contributed by atoms with Gasteiger partial charge in [0, 0.05) is 0 Å². The van der Waals surface area contributed by atoms with Gasteiger partial charge in [-0.2, -0.15) is 4.99 Å². The number of aliphatic imine (C=N–C) groups is 2. The van der Waals surface area contributed by atoms with Crippen molar-refractivity contribution < 1.29 is 4.79 Å². The zero-order chi connectivity index (χ0) is 8.69. The molecule has 0 amide bonds. The molecule has 0 unspecified atom stereocenters. The fourth-order valence-corrected chi connectivity index (χ4v) is 0.414. The lowest BCUT2D eigenvalue weighted by Crippen LogP contribution is -1.66. The van der Waals surface area contributed by atoms with Gasteiger partial charge in [0.1, 0.15) is 5.16 Å². The van der Waals surface area contributed by atoms with Crippen molar-refractivity contribution in [3.63, 3.8) is 0 Å². The SMILES string of the molecule is C=N/C(Cl)=C\C=C(/C)N=C=O. The van der Waals surface area contributed by atoms with Gasteiger partial charge in [0.2, 0.25) is 6.08 Å². The highest BCUT2D eigenvalue weighted by atomic mass is 35.5. The average molecular weight is 171 g/mol. The van der Waals surface area contributed by atoms with Crippen molar-refractivity contribution in [2.75, 3.05) is 0 Å². The summed E-state index contributed by atoms with van der Waals surface area (Å²) in [5, 5.41) is 0.255. The fraction of sp³-hybridized carbons (Fsp3) is 0.143. The highest BCUT2D eigenvalue weighted by Crippen LogP contribution is 2.03. The molecule has 0 saturated carbocycles. The van der Waals surface area contributed by atoms with E-state index in [2.05, 4.69) is 16.7 Å². The summed E-state index contributed by atoms with van der Waals surface area (Å²) < 4.78 is 0. The van der Waals surface area contributed by atoms with Gasteiger partial charge in [-0.25, -0.2) is 4.79 Å². The molecule has 0 N–H and O–H groups in total. The molecule has 0 heterocycles. The second kappa shape index (κ2) is 5.59. The number of carbonyl (C=O) groups excluding carboxylic acids is 1. The van der Waals surface area contributed by atoms with Crippen LogP contribution in [0.15, 0.2) is 33.0 Å². The molecule has 0 bridgehead atoms. The van der Waals surface area contributed by atoms with Crippen LogP contribution in [0.25, 0.3) is 0 Å². The second-order valence-electron chi connectivity index (χ2n) is 1.66. The van der Waals surface area contributed by atoms with Crippen LogP contribution < -0.4 is 0 Å². The number of hydrogen-bond donors (Lipinski definition) is 0. The molecule has 0 aromatic rings. The maximum Gasteiger partial charge on any atom is 0.240 e. The van der Waals surface area contributed by atoms with Gasteiger partial charge < -0.3 is 0 Å². The third-order valence-electron chi connectivity index (χ3n) is 0.835. The van der Waals surface area contributed by atoms with Crippen LogP contribution in [0.2, 0.25) is 0 Å². The minimum atomic E-state index is 0.255. The van der Waals surface area contributed by atoms with Crippen LogP contribution in [-0.4, -0.2) is 12.8 Å². The van der Waals surface area contributed by atoms with Crippen LogP contribution in [0.3, 0.4) is 0 Å². The van der Waals surface area contributed by atoms with E-state index in [4.69, 9.17) is 11.6 Å². The van der Waals surface area contributed by atoms with E-state index in [1.807, 2.05) is 0 Å². The average Bonchev–Trinajstić information content (AvgIpc) is 2.01. The van der Waals surface area contributed by atoms with Gasteiger partial charge in [0.05, 0.1) is 5.70 Å². The smallest absolute Gasteiger partial charge is 0.240 e. The van der Waals surface area contributed by atoms with Crippen LogP contribution in [-0.2, 0) is 4.79 Å². The monoisotopic (exact) mass is 170 g/mol. The molecule has 0 aliphatic heterocycles. The van der Waals surface area contributed by atoms with Crippen molar-refractivity contribution in [3.05, 3.63) is 23.0 Å². The van der Waals surface area contributed by atoms with Crippen molar-refractivity contribution in [2.45, 2.75) is 6.92 Å². The largest absolute Gasteiger partial charge is 0.252 e. The van der Waals surface area contributed by atoms with Gasteiger partial charge >= 0.3 is 0 Å². The zero-order valence-corrected chi connectivity index (χ0v) is 6.80. The number of hydrogen-bond acceptors (Lipinski definition) is 3. The quantitative estimate of drug-likeness (QED) is 0.277. The zero-order valence-electron chi connectivity index (χ0n) is 6.04. The summed E-state index contributed by atoms with van der Waals surface area (Å²) in [5.74, 6) is 0. The number of nitrogens with zero attached hydrogens (tertiary/aromatic N) is 2. The molecule has 0 spiro atoms. The first-order valence-corrected chi connectivity index (χ1v) is 3.17. The number of allylic oxidation sites excluding steroid dienone is 3. The van der Waals surface area contributed by atoms with E-state index in [0.29, 0.717) is 5.70 Å². The summed E-state index contributed by atoms with van der Waals surface area (Å²) in [6.07, 6.45) is 4.43. The summed E-state index contributed by atoms with van der Waals surface area (Å²) in [4.78, 5) is 16.4. The van der Waals surface area contributed by atoms with Crippen LogP contribution in [0.5, 0.6) is 0 Å². The Morgan fingerprint density at radius 1 is 1.64 bits per heavy atom. The van der Waals surface area contributed by atoms with Crippen molar-refractivity contribution in [3.8, 4) is 0 Å². The van der Waals surface area contributed by atoms with Crippen LogP contribution in [0, 0.1) is 0 Å². The Balaban J connectivity index is 4.32. The highest BCUT2D eigenvalue weighted by Gasteiger charge is 1.82. The summed E-state index contributed by atoms with van der Waals surface area (Å²) in [6, 6.07) is 0. The van der Waals surface area contributed by atoms with Gasteiger partial charge in [0.15, 0.2) is 0 Å². The molecule has 0 rings (SSSR count). The molecule has 4 heteroatoms. The first-order chi connectivity index (χ1) is 5.20. The van der Waals surface area contributed by atoms with E-state index in [1.165, 1.54) is 12.2 Å². The third-order valence-corrected chi connectivity index (χ3v) is 1.08. The summed E-state index contributed by atoms with van der Waals surface area (Å²) in [6.45, 7) is 4.84. The predicted octanol–water partition coefficient (Wildman–Crippen LogP) is 2.01. The lowest BCUT2D eigenvalue weighted by molar-refractivity contribution is 0.564. The number of isocyanates is 1. The highest BCUT2D eigenvalue weighted by molar-refractivity contribution is 6.29. The van der Waals surface area contributed by atoms with Gasteiger partial charge in [-0.3, -0.25) is 4.99 Å². The van der Waals surface area contributed by atoms with Gasteiger partial charge in [0.25, 0.3) is 0 Å². The van der Waals surface area contributed by atoms with Gasteiger partial charge in [-0.05, 0) is 25.8 Å². The Morgan fingerprint density at radius 2 is 2.27 bits per heavy atom. The summed E-state index contributed by atoms with van der Waals surface area (Å²) in [5.41, 5.74) is 0.516. The van der Waals surface area contributed by atoms with E-state index < -0.39 is 0 Å². The molecule has 0 aromatic heterocycles. The van der Waals surface area contributed by atoms with E-state index in [1.54, 1.807) is 13.0 Å². The Bertz CT molecular complexity index is 249. The first kappa shape index (κ1) is 9.82. The van der Waals surface area contributed by atoms with Crippen LogP contribution in [0.1, 0.15) is 6.92 Å². The first-order valence-electron chi connectivity index (χ1n) is 2.79. The topological polar surface area (TPSA) is 41.8 Å².